The molecule has 1 unspecified atom stereocenters. The maximum Gasteiger partial charge on any atom is 0.244 e. The molecule has 0 saturated carbocycles. The molecular formula is C22H37NO3S. The first kappa shape index (κ1) is 22.4. The Kier molecular flexibility index (Phi) is 6.21. The van der Waals surface area contributed by atoms with Crippen molar-refractivity contribution in [3.8, 4) is 0 Å². The molecular weight excluding hydrogens is 358 g/mol. The summed E-state index contributed by atoms with van der Waals surface area (Å²) in [6.07, 6.45) is -0.674. The fraction of sp³-hybridized carbons (Fsp3) is 0.727. The van der Waals surface area contributed by atoms with Gasteiger partial charge in [-0.3, -0.25) is 0 Å². The molecule has 1 aliphatic heterocycles. The van der Waals surface area contributed by atoms with E-state index in [1.54, 1.807) is 0 Å². The summed E-state index contributed by atoms with van der Waals surface area (Å²) in [6, 6.07) is 3.79. The van der Waals surface area contributed by atoms with Crippen LogP contribution in [0, 0.1) is 5.41 Å². The molecule has 1 aromatic carbocycles. The largest absolute Gasteiger partial charge is 0.391 e. The second-order valence-corrected chi connectivity index (χ2v) is 11.8. The molecule has 1 aliphatic rings. The van der Waals surface area contributed by atoms with E-state index < -0.39 is 16.1 Å². The zero-order valence-corrected chi connectivity index (χ0v) is 19.2. The standard InChI is InChI=1S/C22H37NO3S/c1-13(2)16-10-17(14(3)4)20(18(11-16)15(5)6)27(25,26)23-12-19(23)21(24)22(7,8)9/h10-11,13-15,19,21,24H,12H2,1-9H3/t19-,21+,23?/m0/s1. The van der Waals surface area contributed by atoms with Crippen LogP contribution in [0.25, 0.3) is 0 Å². The van der Waals surface area contributed by atoms with Gasteiger partial charge >= 0.3 is 0 Å². The molecule has 0 spiro atoms. The third kappa shape index (κ3) is 4.41. The lowest BCUT2D eigenvalue weighted by Crippen LogP contribution is -2.34. The summed E-state index contributed by atoms with van der Waals surface area (Å²) in [5.74, 6) is 0.558. The Labute approximate surface area is 166 Å². The topological polar surface area (TPSA) is 57.4 Å². The van der Waals surface area contributed by atoms with Crippen molar-refractivity contribution in [1.29, 1.82) is 0 Å². The van der Waals surface area contributed by atoms with Crippen molar-refractivity contribution in [2.45, 2.75) is 97.1 Å². The van der Waals surface area contributed by atoms with Gasteiger partial charge in [-0.2, -0.15) is 4.31 Å². The smallest absolute Gasteiger partial charge is 0.244 e. The van der Waals surface area contributed by atoms with E-state index in [1.807, 2.05) is 48.5 Å². The molecule has 0 radical (unpaired) electrons. The van der Waals surface area contributed by atoms with E-state index >= 15 is 0 Å². The van der Waals surface area contributed by atoms with Gasteiger partial charge in [0.25, 0.3) is 0 Å². The average Bonchev–Trinajstić information content (AvgIpc) is 3.32. The van der Waals surface area contributed by atoms with E-state index in [0.717, 1.165) is 11.1 Å². The Hall–Kier alpha value is -0.910. The van der Waals surface area contributed by atoms with E-state index in [2.05, 4.69) is 26.0 Å². The molecule has 5 heteroatoms. The fourth-order valence-electron chi connectivity index (χ4n) is 3.55. The summed E-state index contributed by atoms with van der Waals surface area (Å²) in [6.45, 7) is 18.7. The molecule has 0 bridgehead atoms. The lowest BCUT2D eigenvalue weighted by Gasteiger charge is -2.27. The molecule has 1 aromatic rings. The molecule has 1 fully saturated rings. The van der Waals surface area contributed by atoms with Gasteiger partial charge < -0.3 is 5.11 Å². The Morgan fingerprint density at radius 2 is 1.41 bits per heavy atom. The second-order valence-electron chi connectivity index (χ2n) is 9.95. The minimum atomic E-state index is -3.64. The third-order valence-corrected chi connectivity index (χ3v) is 7.53. The van der Waals surface area contributed by atoms with Crippen LogP contribution in [-0.2, 0) is 10.0 Å². The van der Waals surface area contributed by atoms with Gasteiger partial charge in [0.2, 0.25) is 10.0 Å². The van der Waals surface area contributed by atoms with E-state index in [-0.39, 0.29) is 23.3 Å². The number of aliphatic hydroxyl groups is 1. The normalized spacial score (nSPS) is 22.0. The van der Waals surface area contributed by atoms with Crippen LogP contribution in [0.2, 0.25) is 0 Å². The van der Waals surface area contributed by atoms with Crippen LogP contribution < -0.4 is 0 Å². The molecule has 27 heavy (non-hydrogen) atoms. The van der Waals surface area contributed by atoms with Crippen molar-refractivity contribution in [1.82, 2.24) is 4.31 Å². The van der Waals surface area contributed by atoms with Crippen LogP contribution in [0.5, 0.6) is 0 Å². The van der Waals surface area contributed by atoms with Gasteiger partial charge in [-0.25, -0.2) is 8.42 Å². The molecule has 1 saturated heterocycles. The highest BCUT2D eigenvalue weighted by Crippen LogP contribution is 2.42. The number of aliphatic hydroxyl groups excluding tert-OH is 1. The summed E-state index contributed by atoms with van der Waals surface area (Å²) in [7, 11) is -3.64. The monoisotopic (exact) mass is 395 g/mol. The molecule has 1 N–H and O–H groups in total. The number of benzene rings is 1. The molecule has 0 aliphatic carbocycles. The quantitative estimate of drug-likeness (QED) is 0.701. The maximum atomic E-state index is 13.6. The predicted octanol–water partition coefficient (Wildman–Crippen LogP) is 4.84. The summed E-state index contributed by atoms with van der Waals surface area (Å²) < 4.78 is 28.6. The van der Waals surface area contributed by atoms with Gasteiger partial charge in [-0.1, -0.05) is 74.4 Å². The number of rotatable bonds is 6. The van der Waals surface area contributed by atoms with Crippen molar-refractivity contribution in [3.63, 3.8) is 0 Å². The zero-order valence-electron chi connectivity index (χ0n) is 18.4. The maximum absolute atomic E-state index is 13.6. The number of hydrogen-bond donors (Lipinski definition) is 1. The van der Waals surface area contributed by atoms with Crippen molar-refractivity contribution in [3.05, 3.63) is 28.8 Å². The van der Waals surface area contributed by atoms with Gasteiger partial charge in [-0.15, -0.1) is 0 Å². The molecule has 4 nitrogen and oxygen atoms in total. The Morgan fingerprint density at radius 1 is 0.963 bits per heavy atom. The minimum absolute atomic E-state index is 0.108. The second kappa shape index (κ2) is 7.49. The lowest BCUT2D eigenvalue weighted by molar-refractivity contribution is 0.0566. The third-order valence-electron chi connectivity index (χ3n) is 5.50. The Morgan fingerprint density at radius 3 is 1.74 bits per heavy atom. The summed E-state index contributed by atoms with van der Waals surface area (Å²) in [5, 5.41) is 10.6. The van der Waals surface area contributed by atoms with Crippen LogP contribution >= 0.6 is 0 Å². The van der Waals surface area contributed by atoms with E-state index in [0.29, 0.717) is 17.4 Å². The zero-order chi connectivity index (χ0) is 20.9. The summed E-state index contributed by atoms with van der Waals surface area (Å²) in [4.78, 5) is 0.459. The van der Waals surface area contributed by atoms with Crippen LogP contribution in [0.15, 0.2) is 17.0 Å². The summed E-state index contributed by atoms with van der Waals surface area (Å²) in [5.41, 5.74) is 2.61. The molecule has 0 aromatic heterocycles. The van der Waals surface area contributed by atoms with Crippen LogP contribution in [0.3, 0.4) is 0 Å². The highest BCUT2D eigenvalue weighted by atomic mass is 32.2. The van der Waals surface area contributed by atoms with Crippen LogP contribution in [0.1, 0.15) is 96.8 Å². The summed E-state index contributed by atoms with van der Waals surface area (Å²) >= 11 is 0. The van der Waals surface area contributed by atoms with Gasteiger partial charge in [0, 0.05) is 6.54 Å². The molecule has 1 heterocycles. The first-order chi connectivity index (χ1) is 12.2. The number of sulfonamides is 1. The van der Waals surface area contributed by atoms with Crippen molar-refractivity contribution < 1.29 is 13.5 Å². The van der Waals surface area contributed by atoms with E-state index in [9.17, 15) is 13.5 Å². The Bertz CT molecular complexity index is 759. The van der Waals surface area contributed by atoms with Gasteiger partial charge in [0.05, 0.1) is 17.0 Å². The van der Waals surface area contributed by atoms with Gasteiger partial charge in [0.15, 0.2) is 0 Å². The average molecular weight is 396 g/mol. The predicted molar refractivity (Wildman–Crippen MR) is 112 cm³/mol. The first-order valence-corrected chi connectivity index (χ1v) is 11.5. The number of hydrogen-bond acceptors (Lipinski definition) is 3. The molecule has 154 valence electrons. The Balaban J connectivity index is 2.60. The van der Waals surface area contributed by atoms with Crippen LogP contribution in [0.4, 0.5) is 0 Å². The van der Waals surface area contributed by atoms with Crippen LogP contribution in [-0.4, -0.2) is 36.5 Å². The van der Waals surface area contributed by atoms with Crippen molar-refractivity contribution in [2.75, 3.05) is 6.54 Å². The highest BCUT2D eigenvalue weighted by Gasteiger charge is 2.52. The van der Waals surface area contributed by atoms with E-state index in [4.69, 9.17) is 0 Å². The van der Waals surface area contributed by atoms with E-state index in [1.165, 1.54) is 9.87 Å². The molecule has 3 atom stereocenters. The van der Waals surface area contributed by atoms with Crippen molar-refractivity contribution in [2.24, 2.45) is 5.41 Å². The SMILES string of the molecule is CC(C)c1cc(C(C)C)c(S(=O)(=O)N2C[C@H]2[C@@H](O)C(C)(C)C)c(C(C)C)c1. The fourth-order valence-corrected chi connectivity index (χ4v) is 5.79. The minimum Gasteiger partial charge on any atom is -0.391 e. The molecule has 0 amide bonds. The number of nitrogens with zero attached hydrogens (tertiary/aromatic N) is 1. The van der Waals surface area contributed by atoms with Gasteiger partial charge in [-0.05, 0) is 39.9 Å². The highest BCUT2D eigenvalue weighted by molar-refractivity contribution is 7.89. The lowest BCUT2D eigenvalue weighted by atomic mass is 9.87. The molecule has 2 rings (SSSR count). The van der Waals surface area contributed by atoms with Crippen molar-refractivity contribution >= 4 is 10.0 Å². The van der Waals surface area contributed by atoms with Gasteiger partial charge in [0.1, 0.15) is 0 Å². The first-order valence-electron chi connectivity index (χ1n) is 10.1.